The molecule has 1 aliphatic rings. The Morgan fingerprint density at radius 2 is 1.47 bits per heavy atom. The van der Waals surface area contributed by atoms with Crippen molar-refractivity contribution in [3.05, 3.63) is 48.0 Å². The number of methoxy groups -OCH3 is 2. The van der Waals surface area contributed by atoms with Crippen molar-refractivity contribution in [2.75, 3.05) is 27.3 Å². The van der Waals surface area contributed by atoms with E-state index in [0.717, 1.165) is 6.42 Å². The summed E-state index contributed by atoms with van der Waals surface area (Å²) in [5.74, 6) is 0.871. The van der Waals surface area contributed by atoms with E-state index in [9.17, 15) is 13.2 Å². The van der Waals surface area contributed by atoms with Gasteiger partial charge in [0.05, 0.1) is 24.7 Å². The van der Waals surface area contributed by atoms with Crippen LogP contribution in [0.1, 0.15) is 30.6 Å². The van der Waals surface area contributed by atoms with Crippen LogP contribution >= 0.6 is 0 Å². The number of piperidine rings is 1. The molecule has 8 heteroatoms. The molecule has 1 heterocycles. The van der Waals surface area contributed by atoms with E-state index in [-0.39, 0.29) is 16.2 Å². The van der Waals surface area contributed by atoms with Gasteiger partial charge >= 0.3 is 5.97 Å². The van der Waals surface area contributed by atoms with Crippen molar-refractivity contribution in [2.45, 2.75) is 25.2 Å². The maximum Gasteiger partial charge on any atom is 0.343 e. The highest BCUT2D eigenvalue weighted by Gasteiger charge is 2.31. The molecule has 162 valence electrons. The van der Waals surface area contributed by atoms with Gasteiger partial charge in [-0.3, -0.25) is 0 Å². The summed E-state index contributed by atoms with van der Waals surface area (Å²) in [6, 6.07) is 10.8. The molecule has 2 atom stereocenters. The van der Waals surface area contributed by atoms with Crippen molar-refractivity contribution >= 4 is 16.0 Å². The number of esters is 1. The zero-order valence-corrected chi connectivity index (χ0v) is 18.4. The van der Waals surface area contributed by atoms with Crippen molar-refractivity contribution in [1.82, 2.24) is 4.31 Å². The zero-order chi connectivity index (χ0) is 21.9. The van der Waals surface area contributed by atoms with Gasteiger partial charge in [0.25, 0.3) is 0 Å². The lowest BCUT2D eigenvalue weighted by molar-refractivity contribution is 0.0724. The maximum absolute atomic E-state index is 13.0. The maximum atomic E-state index is 13.0. The molecule has 7 nitrogen and oxygen atoms in total. The second kappa shape index (κ2) is 9.06. The summed E-state index contributed by atoms with van der Waals surface area (Å²) >= 11 is 0. The van der Waals surface area contributed by atoms with Crippen molar-refractivity contribution in [3.8, 4) is 17.2 Å². The van der Waals surface area contributed by atoms with Crippen LogP contribution in [0.5, 0.6) is 17.2 Å². The van der Waals surface area contributed by atoms with Gasteiger partial charge in [-0.15, -0.1) is 0 Å². The first-order valence-electron chi connectivity index (χ1n) is 9.79. The van der Waals surface area contributed by atoms with Crippen LogP contribution in [0.15, 0.2) is 47.4 Å². The molecule has 30 heavy (non-hydrogen) atoms. The summed E-state index contributed by atoms with van der Waals surface area (Å²) in [6.07, 6.45) is 1.02. The minimum atomic E-state index is -3.61. The Morgan fingerprint density at radius 1 is 0.933 bits per heavy atom. The van der Waals surface area contributed by atoms with Crippen LogP contribution < -0.4 is 14.2 Å². The highest BCUT2D eigenvalue weighted by molar-refractivity contribution is 7.89. The number of hydrogen-bond donors (Lipinski definition) is 0. The Balaban J connectivity index is 1.80. The number of para-hydroxylation sites is 1. The van der Waals surface area contributed by atoms with E-state index in [4.69, 9.17) is 14.2 Å². The van der Waals surface area contributed by atoms with Crippen LogP contribution in [-0.2, 0) is 10.0 Å². The third-order valence-electron chi connectivity index (χ3n) is 5.14. The molecule has 0 bridgehead atoms. The van der Waals surface area contributed by atoms with E-state index in [1.807, 2.05) is 0 Å². The van der Waals surface area contributed by atoms with Crippen LogP contribution in [0.2, 0.25) is 0 Å². The summed E-state index contributed by atoms with van der Waals surface area (Å²) in [4.78, 5) is 12.8. The average Bonchev–Trinajstić information content (AvgIpc) is 2.73. The fourth-order valence-corrected chi connectivity index (χ4v) is 5.46. The predicted molar refractivity (Wildman–Crippen MR) is 113 cm³/mol. The average molecular weight is 434 g/mol. The lowest BCUT2D eigenvalue weighted by atomic mass is 9.94. The highest BCUT2D eigenvalue weighted by Crippen LogP contribution is 2.37. The Morgan fingerprint density at radius 3 is 1.97 bits per heavy atom. The number of carbonyl (C=O) groups excluding carboxylic acids is 1. The van der Waals surface area contributed by atoms with Crippen LogP contribution in [0.25, 0.3) is 0 Å². The molecule has 0 aromatic heterocycles. The van der Waals surface area contributed by atoms with E-state index in [1.165, 1.54) is 42.8 Å². The second-order valence-corrected chi connectivity index (χ2v) is 9.61. The van der Waals surface area contributed by atoms with Crippen LogP contribution in [0.3, 0.4) is 0 Å². The van der Waals surface area contributed by atoms with Gasteiger partial charge in [0.1, 0.15) is 0 Å². The molecule has 1 aliphatic heterocycles. The van der Waals surface area contributed by atoms with Gasteiger partial charge in [-0.05, 0) is 54.7 Å². The smallest absolute Gasteiger partial charge is 0.343 e. The number of carbonyl (C=O) groups is 1. The SMILES string of the molecule is COc1cccc(OC)c1OC(=O)c1ccc(S(=O)(=O)N2CC(C)CC(C)C2)cc1. The van der Waals surface area contributed by atoms with Gasteiger partial charge in [0.2, 0.25) is 15.8 Å². The molecule has 0 N–H and O–H groups in total. The van der Waals surface area contributed by atoms with E-state index >= 15 is 0 Å². The van der Waals surface area contributed by atoms with Gasteiger partial charge in [0, 0.05) is 13.1 Å². The molecular formula is C22H27NO6S. The van der Waals surface area contributed by atoms with Crippen molar-refractivity contribution < 1.29 is 27.4 Å². The third-order valence-corrected chi connectivity index (χ3v) is 6.99. The molecular weight excluding hydrogens is 406 g/mol. The largest absolute Gasteiger partial charge is 0.493 e. The Labute approximate surface area is 177 Å². The molecule has 0 spiro atoms. The fraction of sp³-hybridized carbons (Fsp3) is 0.409. The van der Waals surface area contributed by atoms with E-state index < -0.39 is 16.0 Å². The summed E-state index contributed by atoms with van der Waals surface area (Å²) in [5, 5.41) is 0. The van der Waals surface area contributed by atoms with E-state index in [2.05, 4.69) is 13.8 Å². The lowest BCUT2D eigenvalue weighted by Crippen LogP contribution is -2.42. The molecule has 3 rings (SSSR count). The Hall–Kier alpha value is -2.58. The summed E-state index contributed by atoms with van der Waals surface area (Å²) < 4.78 is 43.4. The minimum absolute atomic E-state index is 0.162. The monoisotopic (exact) mass is 433 g/mol. The Kier molecular flexibility index (Phi) is 6.67. The molecule has 1 saturated heterocycles. The minimum Gasteiger partial charge on any atom is -0.493 e. The molecule has 0 aliphatic carbocycles. The molecule has 1 fully saturated rings. The van der Waals surface area contributed by atoms with Crippen molar-refractivity contribution in [2.24, 2.45) is 11.8 Å². The number of rotatable bonds is 6. The first-order valence-corrected chi connectivity index (χ1v) is 11.2. The Bertz CT molecular complexity index is 971. The third kappa shape index (κ3) is 4.60. The number of benzene rings is 2. The summed E-state index contributed by atoms with van der Waals surface area (Å²) in [6.45, 7) is 5.13. The van der Waals surface area contributed by atoms with Gasteiger partial charge in [0.15, 0.2) is 11.5 Å². The van der Waals surface area contributed by atoms with Crippen molar-refractivity contribution in [3.63, 3.8) is 0 Å². The lowest BCUT2D eigenvalue weighted by Gasteiger charge is -2.34. The highest BCUT2D eigenvalue weighted by atomic mass is 32.2. The number of ether oxygens (including phenoxy) is 3. The van der Waals surface area contributed by atoms with Crippen LogP contribution in [0, 0.1) is 11.8 Å². The fourth-order valence-electron chi connectivity index (χ4n) is 3.78. The van der Waals surface area contributed by atoms with Crippen molar-refractivity contribution in [1.29, 1.82) is 0 Å². The standard InChI is InChI=1S/C22H27NO6S/c1-15-12-16(2)14-23(13-15)30(25,26)18-10-8-17(9-11-18)22(24)29-21-19(27-3)6-5-7-20(21)28-4/h5-11,15-16H,12-14H2,1-4H3. The molecule has 0 saturated carbocycles. The number of sulfonamides is 1. The zero-order valence-electron chi connectivity index (χ0n) is 17.6. The molecule has 0 radical (unpaired) electrons. The molecule has 2 unspecified atom stereocenters. The first-order chi connectivity index (χ1) is 14.3. The van der Waals surface area contributed by atoms with E-state index in [0.29, 0.717) is 36.4 Å². The van der Waals surface area contributed by atoms with Gasteiger partial charge in [-0.1, -0.05) is 19.9 Å². The summed E-state index contributed by atoms with van der Waals surface area (Å²) in [7, 11) is -0.677. The van der Waals surface area contributed by atoms with Crippen LogP contribution in [0.4, 0.5) is 0 Å². The molecule has 0 amide bonds. The molecule has 2 aromatic carbocycles. The molecule has 2 aromatic rings. The number of hydrogen-bond acceptors (Lipinski definition) is 6. The van der Waals surface area contributed by atoms with Crippen LogP contribution in [-0.4, -0.2) is 46.0 Å². The first kappa shape index (κ1) is 22.1. The quantitative estimate of drug-likeness (QED) is 0.512. The summed E-state index contributed by atoms with van der Waals surface area (Å²) in [5.41, 5.74) is 0.224. The van der Waals surface area contributed by atoms with Gasteiger partial charge in [-0.2, -0.15) is 4.31 Å². The normalized spacial score (nSPS) is 19.9. The predicted octanol–water partition coefficient (Wildman–Crippen LogP) is 3.59. The van der Waals surface area contributed by atoms with Gasteiger partial charge in [-0.25, -0.2) is 13.2 Å². The van der Waals surface area contributed by atoms with Gasteiger partial charge < -0.3 is 14.2 Å². The topological polar surface area (TPSA) is 82.1 Å². The number of nitrogens with zero attached hydrogens (tertiary/aromatic N) is 1. The second-order valence-electron chi connectivity index (χ2n) is 7.67. The van der Waals surface area contributed by atoms with E-state index in [1.54, 1.807) is 18.2 Å².